The third-order valence-electron chi connectivity index (χ3n) is 11.3. The number of anilines is 2. The molecule has 0 bridgehead atoms. The highest BCUT2D eigenvalue weighted by atomic mass is 79.9. The van der Waals surface area contributed by atoms with Crippen molar-refractivity contribution in [1.82, 2.24) is 4.98 Å². The fraction of sp³-hybridized carbons (Fsp3) is 0.225. The van der Waals surface area contributed by atoms with Gasteiger partial charge < -0.3 is 14.3 Å². The monoisotopic (exact) mass is 907 g/mol. The fourth-order valence-electron chi connectivity index (χ4n) is 8.72. The Kier molecular flexibility index (Phi) is 8.36. The molecule has 0 spiro atoms. The van der Waals surface area contributed by atoms with E-state index >= 15 is 0 Å². The molecule has 9 rings (SSSR count). The minimum atomic E-state index is -2.19. The zero-order chi connectivity index (χ0) is 38.7. The first kappa shape index (κ1) is 36.1. The highest BCUT2D eigenvalue weighted by Crippen LogP contribution is 2.67. The van der Waals surface area contributed by atoms with Crippen molar-refractivity contribution < 1.29 is 37.8 Å². The molecule has 2 aliphatic heterocycles. The molecule has 0 unspecified atom stereocenters. The molecule has 4 amide bonds. The lowest BCUT2D eigenvalue weighted by molar-refractivity contribution is -0.125. The van der Waals surface area contributed by atoms with Crippen molar-refractivity contribution in [3.05, 3.63) is 111 Å². The molecule has 1 saturated carbocycles. The number of amides is 4. The topological polar surface area (TPSA) is 130 Å². The van der Waals surface area contributed by atoms with E-state index in [0.29, 0.717) is 43.9 Å². The maximum Gasteiger partial charge on any atom is 0.258 e. The second kappa shape index (κ2) is 12.7. The van der Waals surface area contributed by atoms with Crippen LogP contribution < -0.4 is 14.5 Å². The van der Waals surface area contributed by atoms with Crippen LogP contribution in [0.5, 0.6) is 11.5 Å². The van der Waals surface area contributed by atoms with Gasteiger partial charge in [0.25, 0.3) is 11.8 Å². The molecule has 1 N–H and O–H groups in total. The summed E-state index contributed by atoms with van der Waals surface area (Å²) in [6, 6.07) is 20.4. The van der Waals surface area contributed by atoms with Gasteiger partial charge in [-0.2, -0.15) is 0 Å². The van der Waals surface area contributed by atoms with E-state index in [0.717, 1.165) is 21.9 Å². The van der Waals surface area contributed by atoms with Gasteiger partial charge in [-0.25, -0.2) is 14.3 Å². The predicted molar refractivity (Wildman–Crippen MR) is 209 cm³/mol. The number of methoxy groups -OCH3 is 1. The first-order chi connectivity index (χ1) is 26.3. The number of hydrogen-bond acceptors (Lipinski definition) is 8. The standard InChI is InChI=1S/C40H26Br2Cl2FN3O7/c1-54-28-16-24(31(41)32(42)33(28)49)30-22-14-15-23-29(25(22)17-39(43)37(52)48(38(53)40(30,39)44)21-12-8-19(45)9-13-21)36(51)47(35(23)50)20-10-6-18(7-11-20)34-46-26-4-2-3-5-27(26)55-34/h2-14,16,23,25,29-30,49H,15,17H2,1H3/t23-,25+,29-,30+,39+,40-/m0/s1. The van der Waals surface area contributed by atoms with Crippen molar-refractivity contribution in [3.63, 3.8) is 0 Å². The number of ether oxygens (including phenoxy) is 1. The molecule has 0 radical (unpaired) electrons. The zero-order valence-corrected chi connectivity index (χ0v) is 33.1. The number of phenols is 1. The summed E-state index contributed by atoms with van der Waals surface area (Å²) in [5, 5.41) is 10.9. The third-order valence-corrected chi connectivity index (χ3v) is 14.8. The van der Waals surface area contributed by atoms with Crippen molar-refractivity contribution in [3.8, 4) is 23.0 Å². The largest absolute Gasteiger partial charge is 0.503 e. The van der Waals surface area contributed by atoms with Crippen LogP contribution in [-0.4, -0.2) is 50.6 Å². The zero-order valence-electron chi connectivity index (χ0n) is 28.4. The van der Waals surface area contributed by atoms with E-state index in [-0.39, 0.29) is 34.5 Å². The Hall–Kier alpha value is -4.56. The van der Waals surface area contributed by atoms with Gasteiger partial charge in [-0.3, -0.25) is 24.1 Å². The lowest BCUT2D eigenvalue weighted by Gasteiger charge is -2.51. The molecule has 3 heterocycles. The SMILES string of the molecule is COc1cc([C@H]2C3=CC[C@@H]4C(=O)N(c5ccc(-c6nc7ccccc7o6)cc5)C(=O)[C@@H]4[C@@H]3C[C@@]3(Cl)C(=O)N(c4ccc(F)cc4)C(=O)[C@@]23Cl)c(Br)c(Br)c1O. The Bertz CT molecular complexity index is 2520. The van der Waals surface area contributed by atoms with Gasteiger partial charge in [0.2, 0.25) is 17.7 Å². The Morgan fingerprint density at radius 3 is 2.25 bits per heavy atom. The first-order valence-electron chi connectivity index (χ1n) is 17.1. The first-order valence-corrected chi connectivity index (χ1v) is 19.4. The molecule has 2 saturated heterocycles. The number of alkyl halides is 2. The van der Waals surface area contributed by atoms with Gasteiger partial charge >= 0.3 is 0 Å². The molecule has 10 nitrogen and oxygen atoms in total. The summed E-state index contributed by atoms with van der Waals surface area (Å²) in [5.41, 5.74) is 3.23. The van der Waals surface area contributed by atoms with Crippen LogP contribution in [0.2, 0.25) is 0 Å². The molecule has 15 heteroatoms. The van der Waals surface area contributed by atoms with Crippen molar-refractivity contribution in [2.24, 2.45) is 17.8 Å². The van der Waals surface area contributed by atoms with Crippen LogP contribution in [0.25, 0.3) is 22.6 Å². The van der Waals surface area contributed by atoms with E-state index in [9.17, 15) is 28.7 Å². The Morgan fingerprint density at radius 1 is 0.891 bits per heavy atom. The number of aromatic hydroxyl groups is 1. The molecule has 4 aromatic carbocycles. The average molecular weight is 910 g/mol. The summed E-state index contributed by atoms with van der Waals surface area (Å²) in [7, 11) is 1.35. The number of nitrogens with zero attached hydrogens (tertiary/aromatic N) is 3. The van der Waals surface area contributed by atoms with Crippen molar-refractivity contribution in [2.75, 3.05) is 16.9 Å². The third kappa shape index (κ3) is 4.98. The number of aromatic nitrogens is 1. The summed E-state index contributed by atoms with van der Waals surface area (Å²) in [6.07, 6.45) is 1.68. The molecule has 278 valence electrons. The summed E-state index contributed by atoms with van der Waals surface area (Å²) >= 11 is 22.0. The van der Waals surface area contributed by atoms with Gasteiger partial charge in [0.15, 0.2) is 26.8 Å². The van der Waals surface area contributed by atoms with E-state index in [1.165, 1.54) is 25.3 Å². The number of hydrogen-bond donors (Lipinski definition) is 1. The summed E-state index contributed by atoms with van der Waals surface area (Å²) in [6.45, 7) is 0. The second-order valence-corrected chi connectivity index (χ2v) is 16.8. The number of rotatable bonds is 5. The minimum Gasteiger partial charge on any atom is -0.503 e. The van der Waals surface area contributed by atoms with Crippen molar-refractivity contribution in [2.45, 2.75) is 28.5 Å². The lowest BCUT2D eigenvalue weighted by Crippen LogP contribution is -2.60. The van der Waals surface area contributed by atoms with Crippen LogP contribution in [0, 0.1) is 23.6 Å². The number of para-hydroxylation sites is 2. The molecular formula is C40H26Br2Cl2FN3O7. The van der Waals surface area contributed by atoms with E-state index in [2.05, 4.69) is 36.8 Å². The molecule has 6 atom stereocenters. The number of fused-ring (bicyclic) bond motifs is 5. The van der Waals surface area contributed by atoms with Gasteiger partial charge in [-0.05, 0) is 123 Å². The van der Waals surface area contributed by atoms with Gasteiger partial charge in [-0.1, -0.05) is 23.8 Å². The molecule has 1 aromatic heterocycles. The van der Waals surface area contributed by atoms with Gasteiger partial charge in [0.05, 0.1) is 34.8 Å². The normalized spacial score (nSPS) is 27.3. The minimum absolute atomic E-state index is 0.0358. The Labute approximate surface area is 339 Å². The number of carbonyl (C=O) groups excluding carboxylic acids is 4. The number of imide groups is 2. The number of benzene rings is 4. The number of oxazole rings is 1. The second-order valence-electron chi connectivity index (χ2n) is 13.9. The van der Waals surface area contributed by atoms with Crippen LogP contribution in [-0.2, 0) is 19.2 Å². The highest BCUT2D eigenvalue weighted by Gasteiger charge is 2.77. The Balaban J connectivity index is 1.15. The number of carbonyl (C=O) groups is 4. The maximum absolute atomic E-state index is 14.7. The number of allylic oxidation sites excluding steroid dienone is 2. The van der Waals surface area contributed by atoms with Crippen LogP contribution in [0.15, 0.2) is 104 Å². The van der Waals surface area contributed by atoms with Gasteiger partial charge in [-0.15, -0.1) is 23.2 Å². The van der Waals surface area contributed by atoms with Gasteiger partial charge in [0.1, 0.15) is 11.3 Å². The average Bonchev–Trinajstić information content (AvgIpc) is 3.78. The molecule has 55 heavy (non-hydrogen) atoms. The van der Waals surface area contributed by atoms with E-state index in [1.54, 1.807) is 30.3 Å². The molecule has 5 aromatic rings. The molecule has 3 fully saturated rings. The van der Waals surface area contributed by atoms with E-state index in [1.807, 2.05) is 24.3 Å². The van der Waals surface area contributed by atoms with Crippen molar-refractivity contribution >= 4 is 101 Å². The van der Waals surface area contributed by atoms with Crippen molar-refractivity contribution in [1.29, 1.82) is 0 Å². The quantitative estimate of drug-likeness (QED) is 0.105. The maximum atomic E-state index is 14.7. The predicted octanol–water partition coefficient (Wildman–Crippen LogP) is 8.64. The summed E-state index contributed by atoms with van der Waals surface area (Å²) in [5.74, 6) is -6.78. The van der Waals surface area contributed by atoms with Crippen LogP contribution in [0.1, 0.15) is 24.3 Å². The molecular weight excluding hydrogens is 884 g/mol. The molecule has 4 aliphatic rings. The summed E-state index contributed by atoms with van der Waals surface area (Å²) in [4.78, 5) is 60.3. The Morgan fingerprint density at radius 2 is 1.56 bits per heavy atom. The fourth-order valence-corrected chi connectivity index (χ4v) is 10.6. The highest BCUT2D eigenvalue weighted by molar-refractivity contribution is 9.13. The van der Waals surface area contributed by atoms with E-state index < -0.39 is 62.9 Å². The van der Waals surface area contributed by atoms with Crippen LogP contribution >= 0.6 is 55.1 Å². The van der Waals surface area contributed by atoms with Crippen LogP contribution in [0.4, 0.5) is 15.8 Å². The molecule has 2 aliphatic carbocycles. The number of halogens is 5. The smallest absolute Gasteiger partial charge is 0.258 e. The number of phenolic OH excluding ortho intramolecular Hbond substituents is 1. The van der Waals surface area contributed by atoms with Gasteiger partial charge in [0, 0.05) is 16.0 Å². The van der Waals surface area contributed by atoms with Crippen LogP contribution in [0.3, 0.4) is 0 Å². The van der Waals surface area contributed by atoms with E-state index in [4.69, 9.17) is 32.4 Å². The summed E-state index contributed by atoms with van der Waals surface area (Å²) < 4.78 is 25.9. The lowest BCUT2D eigenvalue weighted by atomic mass is 9.56.